The summed E-state index contributed by atoms with van der Waals surface area (Å²) < 4.78 is 8.36. The lowest BCUT2D eigenvalue weighted by atomic mass is 10.2. The van der Waals surface area contributed by atoms with E-state index >= 15 is 0 Å². The second kappa shape index (κ2) is 9.59. The zero-order chi connectivity index (χ0) is 24.6. The number of thiazole rings is 1. The Balaban J connectivity index is 1.26. The Hall–Kier alpha value is -3.37. The molecule has 4 aromatic heterocycles. The van der Waals surface area contributed by atoms with Crippen molar-refractivity contribution >= 4 is 38.4 Å². The maximum atomic E-state index is 13.3. The number of ether oxygens (including phenoxy) is 1. The Labute approximate surface area is 213 Å². The minimum Gasteiger partial charge on any atom is -0.378 e. The Morgan fingerprint density at radius 3 is 2.81 bits per heavy atom. The first-order valence-corrected chi connectivity index (χ1v) is 13.3. The van der Waals surface area contributed by atoms with Crippen LogP contribution in [-0.4, -0.2) is 56.9 Å². The summed E-state index contributed by atoms with van der Waals surface area (Å²) in [5.41, 5.74) is 4.41. The largest absolute Gasteiger partial charge is 0.378 e. The molecule has 0 radical (unpaired) electrons. The molecule has 1 amide bonds. The summed E-state index contributed by atoms with van der Waals surface area (Å²) in [4.78, 5) is 29.8. The van der Waals surface area contributed by atoms with Crippen LogP contribution in [-0.2, 0) is 11.3 Å². The predicted octanol–water partition coefficient (Wildman–Crippen LogP) is 4.57. The SMILES string of the molecule is CC(C)Cn1cc(-c2cccc(C(=O)Nc3cc4sc(N5CCOCC5)nc4nc3C3CC3)n2)cn1. The Kier molecular flexibility index (Phi) is 6.14. The first-order valence-electron chi connectivity index (χ1n) is 12.5. The highest BCUT2D eigenvalue weighted by Crippen LogP contribution is 2.44. The van der Waals surface area contributed by atoms with E-state index in [2.05, 4.69) is 34.1 Å². The summed E-state index contributed by atoms with van der Waals surface area (Å²) in [5, 5.41) is 8.49. The second-order valence-electron chi connectivity index (χ2n) is 9.82. The molecule has 1 N–H and O–H groups in total. The number of anilines is 2. The van der Waals surface area contributed by atoms with Crippen molar-refractivity contribution < 1.29 is 9.53 Å². The molecule has 36 heavy (non-hydrogen) atoms. The number of rotatable bonds is 7. The molecule has 1 saturated heterocycles. The van der Waals surface area contributed by atoms with Gasteiger partial charge in [0.1, 0.15) is 5.69 Å². The van der Waals surface area contributed by atoms with Crippen molar-refractivity contribution in [1.82, 2.24) is 24.7 Å². The molecule has 2 aliphatic rings. The van der Waals surface area contributed by atoms with E-state index in [1.54, 1.807) is 23.6 Å². The van der Waals surface area contributed by atoms with Crippen LogP contribution >= 0.6 is 11.3 Å². The molecular formula is C26H29N7O2S. The number of nitrogens with one attached hydrogen (secondary N) is 1. The van der Waals surface area contributed by atoms with Crippen LogP contribution in [0.5, 0.6) is 0 Å². The zero-order valence-electron chi connectivity index (χ0n) is 20.5. The second-order valence-corrected chi connectivity index (χ2v) is 10.8. The highest BCUT2D eigenvalue weighted by Gasteiger charge is 2.30. The Morgan fingerprint density at radius 1 is 1.19 bits per heavy atom. The fourth-order valence-electron chi connectivity index (χ4n) is 4.40. The van der Waals surface area contributed by atoms with Gasteiger partial charge in [0, 0.05) is 37.3 Å². The van der Waals surface area contributed by atoms with Gasteiger partial charge in [0.05, 0.1) is 41.2 Å². The molecule has 9 nitrogen and oxygen atoms in total. The van der Waals surface area contributed by atoms with Gasteiger partial charge in [-0.3, -0.25) is 9.48 Å². The molecule has 4 aromatic rings. The molecule has 5 heterocycles. The van der Waals surface area contributed by atoms with Gasteiger partial charge in [-0.05, 0) is 37.0 Å². The number of carbonyl (C=O) groups excluding carboxylic acids is 1. The van der Waals surface area contributed by atoms with Crippen molar-refractivity contribution in [2.45, 2.75) is 39.2 Å². The quantitative estimate of drug-likeness (QED) is 0.394. The van der Waals surface area contributed by atoms with Crippen LogP contribution in [0.3, 0.4) is 0 Å². The minimum absolute atomic E-state index is 0.243. The van der Waals surface area contributed by atoms with E-state index in [0.717, 1.165) is 70.6 Å². The van der Waals surface area contributed by atoms with Gasteiger partial charge in [0.2, 0.25) is 0 Å². The standard InChI is InChI=1S/C26H29N7O2S/c1-16(2)14-33-15-18(13-27-33)19-4-3-5-20(28-19)25(34)29-21-12-22-24(30-23(21)17-6-7-17)31-26(36-22)32-8-10-35-11-9-32/h3-5,12-13,15-17H,6-11,14H2,1-2H3,(H,29,34). The summed E-state index contributed by atoms with van der Waals surface area (Å²) >= 11 is 1.61. The molecule has 0 atom stereocenters. The summed E-state index contributed by atoms with van der Waals surface area (Å²) in [6.45, 7) is 8.23. The lowest BCUT2D eigenvalue weighted by molar-refractivity contribution is 0.102. The maximum Gasteiger partial charge on any atom is 0.274 e. The number of hydrogen-bond donors (Lipinski definition) is 1. The van der Waals surface area contributed by atoms with E-state index in [-0.39, 0.29) is 5.91 Å². The van der Waals surface area contributed by atoms with E-state index in [4.69, 9.17) is 14.7 Å². The van der Waals surface area contributed by atoms with Crippen LogP contribution in [0.25, 0.3) is 21.6 Å². The van der Waals surface area contributed by atoms with Crippen molar-refractivity contribution in [1.29, 1.82) is 0 Å². The minimum atomic E-state index is -0.243. The summed E-state index contributed by atoms with van der Waals surface area (Å²) in [5.74, 6) is 0.620. The van der Waals surface area contributed by atoms with Gasteiger partial charge in [-0.2, -0.15) is 10.1 Å². The van der Waals surface area contributed by atoms with Crippen LogP contribution < -0.4 is 10.2 Å². The van der Waals surface area contributed by atoms with Crippen molar-refractivity contribution in [3.63, 3.8) is 0 Å². The fraction of sp³-hybridized carbons (Fsp3) is 0.423. The van der Waals surface area contributed by atoms with Crippen LogP contribution in [0.1, 0.15) is 48.8 Å². The number of nitrogens with zero attached hydrogens (tertiary/aromatic N) is 6. The van der Waals surface area contributed by atoms with Crippen LogP contribution in [0.2, 0.25) is 0 Å². The highest BCUT2D eigenvalue weighted by atomic mass is 32.1. The predicted molar refractivity (Wildman–Crippen MR) is 141 cm³/mol. The third-order valence-corrected chi connectivity index (χ3v) is 7.41. The molecule has 1 aliphatic carbocycles. The maximum absolute atomic E-state index is 13.3. The monoisotopic (exact) mass is 503 g/mol. The summed E-state index contributed by atoms with van der Waals surface area (Å²) in [6, 6.07) is 7.53. The fourth-order valence-corrected chi connectivity index (χ4v) is 5.40. The average Bonchev–Trinajstić information content (AvgIpc) is 3.48. The van der Waals surface area contributed by atoms with Gasteiger partial charge in [-0.25, -0.2) is 9.97 Å². The van der Waals surface area contributed by atoms with Crippen molar-refractivity contribution in [2.75, 3.05) is 36.5 Å². The lowest BCUT2D eigenvalue weighted by Crippen LogP contribution is -2.36. The molecule has 1 aliphatic heterocycles. The molecule has 0 spiro atoms. The van der Waals surface area contributed by atoms with Crippen molar-refractivity contribution in [3.05, 3.63) is 48.0 Å². The first-order chi connectivity index (χ1) is 17.5. The number of amides is 1. The van der Waals surface area contributed by atoms with Crippen molar-refractivity contribution in [3.8, 4) is 11.3 Å². The zero-order valence-corrected chi connectivity index (χ0v) is 21.3. The third kappa shape index (κ3) is 4.83. The van der Waals surface area contributed by atoms with Gasteiger partial charge >= 0.3 is 0 Å². The smallest absolute Gasteiger partial charge is 0.274 e. The van der Waals surface area contributed by atoms with Crippen LogP contribution in [0.4, 0.5) is 10.8 Å². The van der Waals surface area contributed by atoms with E-state index in [1.165, 1.54) is 0 Å². The van der Waals surface area contributed by atoms with Gasteiger partial charge in [0.15, 0.2) is 10.8 Å². The number of hydrogen-bond acceptors (Lipinski definition) is 8. The molecule has 6 rings (SSSR count). The first kappa shape index (κ1) is 23.1. The molecule has 0 unspecified atom stereocenters. The molecule has 2 fully saturated rings. The van der Waals surface area contributed by atoms with E-state index < -0.39 is 0 Å². The lowest BCUT2D eigenvalue weighted by Gasteiger charge is -2.25. The average molecular weight is 504 g/mol. The highest BCUT2D eigenvalue weighted by molar-refractivity contribution is 7.22. The van der Waals surface area contributed by atoms with Gasteiger partial charge in [-0.1, -0.05) is 31.3 Å². The van der Waals surface area contributed by atoms with Gasteiger partial charge < -0.3 is 15.0 Å². The topological polar surface area (TPSA) is 98.1 Å². The van der Waals surface area contributed by atoms with E-state index in [1.807, 2.05) is 29.1 Å². The number of morpholine rings is 1. The number of pyridine rings is 2. The molecule has 1 saturated carbocycles. The van der Waals surface area contributed by atoms with Gasteiger partial charge in [-0.15, -0.1) is 0 Å². The number of aromatic nitrogens is 5. The van der Waals surface area contributed by atoms with E-state index in [0.29, 0.717) is 30.7 Å². The molecule has 186 valence electrons. The summed E-state index contributed by atoms with van der Waals surface area (Å²) in [6.07, 6.45) is 5.93. The van der Waals surface area contributed by atoms with E-state index in [9.17, 15) is 4.79 Å². The molecular weight excluding hydrogens is 474 g/mol. The number of carbonyl (C=O) groups is 1. The van der Waals surface area contributed by atoms with Gasteiger partial charge in [0.25, 0.3) is 5.91 Å². The van der Waals surface area contributed by atoms with Crippen molar-refractivity contribution in [2.24, 2.45) is 5.92 Å². The Bertz CT molecular complexity index is 1400. The molecule has 0 aromatic carbocycles. The Morgan fingerprint density at radius 2 is 2.03 bits per heavy atom. The third-order valence-electron chi connectivity index (χ3n) is 6.36. The van der Waals surface area contributed by atoms with Crippen LogP contribution in [0, 0.1) is 5.92 Å². The summed E-state index contributed by atoms with van der Waals surface area (Å²) in [7, 11) is 0. The molecule has 10 heteroatoms. The normalized spacial score (nSPS) is 16.1. The number of fused-ring (bicyclic) bond motifs is 1. The molecule has 0 bridgehead atoms. The van der Waals surface area contributed by atoms with Crippen LogP contribution in [0.15, 0.2) is 36.7 Å².